The van der Waals surface area contributed by atoms with Gasteiger partial charge in [0.05, 0.1) is 0 Å². The predicted molar refractivity (Wildman–Crippen MR) is 63.4 cm³/mol. The first-order chi connectivity index (χ1) is 6.74. The Morgan fingerprint density at radius 1 is 1.21 bits per heavy atom. The van der Waals surface area contributed by atoms with Gasteiger partial charge in [0.1, 0.15) is 0 Å². The van der Waals surface area contributed by atoms with Crippen LogP contribution in [0.2, 0.25) is 0 Å². The van der Waals surface area contributed by atoms with E-state index in [4.69, 9.17) is 5.73 Å². The van der Waals surface area contributed by atoms with Gasteiger partial charge in [-0.2, -0.15) is 0 Å². The fraction of sp³-hybridized carbons (Fsp3) is 0.455. The van der Waals surface area contributed by atoms with Crippen LogP contribution < -0.4 is 11.1 Å². The number of benzene rings is 1. The molecular formula is C11H15BrN2. The van der Waals surface area contributed by atoms with Gasteiger partial charge in [-0.3, -0.25) is 0 Å². The highest BCUT2D eigenvalue weighted by molar-refractivity contribution is 9.10. The third kappa shape index (κ3) is 2.49. The van der Waals surface area contributed by atoms with Crippen LogP contribution in [-0.4, -0.2) is 12.1 Å². The molecule has 1 aliphatic rings. The van der Waals surface area contributed by atoms with Gasteiger partial charge < -0.3 is 11.1 Å². The third-order valence-electron chi connectivity index (χ3n) is 2.69. The minimum absolute atomic E-state index is 0.392. The summed E-state index contributed by atoms with van der Waals surface area (Å²) in [5, 5.41) is 3.50. The first kappa shape index (κ1) is 9.99. The summed E-state index contributed by atoms with van der Waals surface area (Å²) in [7, 11) is 0. The molecule has 0 heterocycles. The number of rotatable bonds is 2. The zero-order chi connectivity index (χ0) is 9.97. The van der Waals surface area contributed by atoms with Crippen molar-refractivity contribution < 1.29 is 0 Å². The van der Waals surface area contributed by atoms with Crippen molar-refractivity contribution in [2.45, 2.75) is 31.3 Å². The molecule has 0 saturated heterocycles. The lowest BCUT2D eigenvalue weighted by molar-refractivity contribution is 0.688. The van der Waals surface area contributed by atoms with E-state index in [0.29, 0.717) is 12.1 Å². The Labute approximate surface area is 93.0 Å². The van der Waals surface area contributed by atoms with Crippen LogP contribution in [0.4, 0.5) is 5.69 Å². The summed E-state index contributed by atoms with van der Waals surface area (Å²) in [6, 6.07) is 9.24. The molecule has 1 fully saturated rings. The normalized spacial score (nSPS) is 26.4. The lowest BCUT2D eigenvalue weighted by atomic mass is 10.2. The standard InChI is InChI=1S/C11H15BrN2/c12-8-1-4-10(5-2-8)14-11-6-3-9(13)7-11/h1-2,4-5,9,11,14H,3,6-7,13H2. The summed E-state index contributed by atoms with van der Waals surface area (Å²) in [4.78, 5) is 0. The monoisotopic (exact) mass is 254 g/mol. The Hall–Kier alpha value is -0.540. The molecule has 2 rings (SSSR count). The second-order valence-electron chi connectivity index (χ2n) is 3.92. The minimum Gasteiger partial charge on any atom is -0.382 e. The predicted octanol–water partition coefficient (Wildman–Crippen LogP) is 2.74. The van der Waals surface area contributed by atoms with Gasteiger partial charge in [0.2, 0.25) is 0 Å². The largest absolute Gasteiger partial charge is 0.382 e. The van der Waals surface area contributed by atoms with Crippen LogP contribution in [0.1, 0.15) is 19.3 Å². The van der Waals surface area contributed by atoms with Crippen molar-refractivity contribution in [3.8, 4) is 0 Å². The molecule has 0 bridgehead atoms. The molecule has 2 atom stereocenters. The molecule has 1 aromatic carbocycles. The Balaban J connectivity index is 1.94. The van der Waals surface area contributed by atoms with E-state index in [1.54, 1.807) is 0 Å². The van der Waals surface area contributed by atoms with Crippen LogP contribution in [0.25, 0.3) is 0 Å². The highest BCUT2D eigenvalue weighted by Gasteiger charge is 2.20. The van der Waals surface area contributed by atoms with Gasteiger partial charge in [0.15, 0.2) is 0 Å². The highest BCUT2D eigenvalue weighted by Crippen LogP contribution is 2.22. The number of nitrogens with two attached hydrogens (primary N) is 1. The van der Waals surface area contributed by atoms with E-state index < -0.39 is 0 Å². The van der Waals surface area contributed by atoms with Crippen LogP contribution in [0, 0.1) is 0 Å². The van der Waals surface area contributed by atoms with Gasteiger partial charge in [-0.25, -0.2) is 0 Å². The quantitative estimate of drug-likeness (QED) is 0.852. The number of nitrogens with one attached hydrogen (secondary N) is 1. The molecule has 1 saturated carbocycles. The smallest absolute Gasteiger partial charge is 0.0343 e. The van der Waals surface area contributed by atoms with Crippen molar-refractivity contribution in [3.63, 3.8) is 0 Å². The molecule has 1 aliphatic carbocycles. The molecule has 0 radical (unpaired) electrons. The molecular weight excluding hydrogens is 240 g/mol. The van der Waals surface area contributed by atoms with E-state index in [1.165, 1.54) is 12.1 Å². The van der Waals surface area contributed by atoms with Gasteiger partial charge in [0.25, 0.3) is 0 Å². The molecule has 3 N–H and O–H groups in total. The molecule has 1 aromatic rings. The van der Waals surface area contributed by atoms with Gasteiger partial charge in [-0.15, -0.1) is 0 Å². The van der Waals surface area contributed by atoms with Crippen LogP contribution in [0.3, 0.4) is 0 Å². The third-order valence-corrected chi connectivity index (χ3v) is 3.22. The van der Waals surface area contributed by atoms with Crippen LogP contribution in [0.15, 0.2) is 28.7 Å². The SMILES string of the molecule is NC1CCC(Nc2ccc(Br)cc2)C1. The Bertz CT molecular complexity index is 297. The van der Waals surface area contributed by atoms with E-state index >= 15 is 0 Å². The van der Waals surface area contributed by atoms with E-state index in [9.17, 15) is 0 Å². The maximum Gasteiger partial charge on any atom is 0.0343 e. The van der Waals surface area contributed by atoms with Gasteiger partial charge in [-0.1, -0.05) is 15.9 Å². The molecule has 0 spiro atoms. The molecule has 0 aromatic heterocycles. The maximum absolute atomic E-state index is 5.86. The average molecular weight is 255 g/mol. The van der Waals surface area contributed by atoms with Crippen LogP contribution in [0.5, 0.6) is 0 Å². The first-order valence-corrected chi connectivity index (χ1v) is 5.81. The first-order valence-electron chi connectivity index (χ1n) is 5.02. The fourth-order valence-electron chi connectivity index (χ4n) is 1.93. The molecule has 2 nitrogen and oxygen atoms in total. The van der Waals surface area contributed by atoms with E-state index in [2.05, 4.69) is 45.5 Å². The number of halogens is 1. The topological polar surface area (TPSA) is 38.0 Å². The van der Waals surface area contributed by atoms with Crippen molar-refractivity contribution in [1.82, 2.24) is 0 Å². The second kappa shape index (κ2) is 4.32. The zero-order valence-corrected chi connectivity index (χ0v) is 9.63. The van der Waals surface area contributed by atoms with Crippen molar-refractivity contribution in [2.24, 2.45) is 5.73 Å². The van der Waals surface area contributed by atoms with Crippen molar-refractivity contribution >= 4 is 21.6 Å². The van der Waals surface area contributed by atoms with Crippen molar-refractivity contribution in [3.05, 3.63) is 28.7 Å². The van der Waals surface area contributed by atoms with E-state index in [1.807, 2.05) is 0 Å². The summed E-state index contributed by atoms with van der Waals surface area (Å²) in [6.07, 6.45) is 3.43. The maximum atomic E-state index is 5.86. The van der Waals surface area contributed by atoms with Gasteiger partial charge in [0, 0.05) is 22.2 Å². The van der Waals surface area contributed by atoms with Crippen molar-refractivity contribution in [2.75, 3.05) is 5.32 Å². The molecule has 0 aliphatic heterocycles. The van der Waals surface area contributed by atoms with E-state index in [-0.39, 0.29) is 0 Å². The lowest BCUT2D eigenvalue weighted by Crippen LogP contribution is -2.20. The zero-order valence-electron chi connectivity index (χ0n) is 8.04. The highest BCUT2D eigenvalue weighted by atomic mass is 79.9. The molecule has 3 heteroatoms. The molecule has 76 valence electrons. The van der Waals surface area contributed by atoms with Gasteiger partial charge in [-0.05, 0) is 43.5 Å². The Morgan fingerprint density at radius 2 is 1.93 bits per heavy atom. The number of hydrogen-bond donors (Lipinski definition) is 2. The second-order valence-corrected chi connectivity index (χ2v) is 4.84. The Morgan fingerprint density at radius 3 is 2.50 bits per heavy atom. The molecule has 2 unspecified atom stereocenters. The summed E-state index contributed by atoms with van der Waals surface area (Å²) >= 11 is 3.42. The summed E-state index contributed by atoms with van der Waals surface area (Å²) in [6.45, 7) is 0. The lowest BCUT2D eigenvalue weighted by Gasteiger charge is -2.13. The summed E-state index contributed by atoms with van der Waals surface area (Å²) < 4.78 is 1.12. The number of anilines is 1. The Kier molecular flexibility index (Phi) is 3.08. The van der Waals surface area contributed by atoms with E-state index in [0.717, 1.165) is 17.3 Å². The summed E-state index contributed by atoms with van der Waals surface area (Å²) in [5.74, 6) is 0. The fourth-order valence-corrected chi connectivity index (χ4v) is 2.19. The summed E-state index contributed by atoms with van der Waals surface area (Å²) in [5.41, 5.74) is 7.04. The number of hydrogen-bond acceptors (Lipinski definition) is 2. The molecule has 0 amide bonds. The van der Waals surface area contributed by atoms with Crippen LogP contribution >= 0.6 is 15.9 Å². The average Bonchev–Trinajstić information content (AvgIpc) is 2.56. The van der Waals surface area contributed by atoms with Crippen LogP contribution in [-0.2, 0) is 0 Å². The minimum atomic E-state index is 0.392. The molecule has 14 heavy (non-hydrogen) atoms. The van der Waals surface area contributed by atoms with Gasteiger partial charge >= 0.3 is 0 Å². The van der Waals surface area contributed by atoms with Crippen molar-refractivity contribution in [1.29, 1.82) is 0 Å².